The van der Waals surface area contributed by atoms with E-state index >= 15 is 0 Å². The molecule has 0 unspecified atom stereocenters. The molecule has 0 saturated heterocycles. The number of non-ortho nitro benzene ring substituents is 1. The van der Waals surface area contributed by atoms with Crippen LogP contribution in [0.25, 0.3) is 55.5 Å². The highest BCUT2D eigenvalue weighted by molar-refractivity contribution is 6.01. The molecule has 0 saturated carbocycles. The molecule has 0 radical (unpaired) electrons. The van der Waals surface area contributed by atoms with E-state index in [1.165, 1.54) is 28.3 Å². The number of nitro groups is 1. The highest BCUT2D eigenvalue weighted by Crippen LogP contribution is 2.42. The van der Waals surface area contributed by atoms with Crippen molar-refractivity contribution in [3.8, 4) is 11.1 Å². The average Bonchev–Trinajstić information content (AvgIpc) is 3.70. The second-order valence-electron chi connectivity index (χ2n) is 13.1. The molecule has 7 nitrogen and oxygen atoms in total. The number of unbranched alkanes of at least 4 members (excludes halogenated alkanes) is 2. The van der Waals surface area contributed by atoms with Crippen LogP contribution in [0.2, 0.25) is 0 Å². The van der Waals surface area contributed by atoms with Gasteiger partial charge in [0.1, 0.15) is 0 Å². The number of aromatic nitrogens is 4. The van der Waals surface area contributed by atoms with Crippen LogP contribution in [-0.2, 0) is 12.8 Å². The number of benzene rings is 1. The zero-order chi connectivity index (χ0) is 33.6. The van der Waals surface area contributed by atoms with Crippen LogP contribution in [-0.4, -0.2) is 24.9 Å². The van der Waals surface area contributed by atoms with E-state index in [4.69, 9.17) is 9.97 Å². The van der Waals surface area contributed by atoms with Crippen LogP contribution in [0.3, 0.4) is 0 Å². The Labute approximate surface area is 277 Å². The first-order valence-electron chi connectivity index (χ1n) is 16.9. The molecule has 2 aliphatic heterocycles. The Balaban J connectivity index is 1.82. The van der Waals surface area contributed by atoms with Gasteiger partial charge >= 0.3 is 0 Å². The molecule has 47 heavy (non-hydrogen) atoms. The van der Waals surface area contributed by atoms with Crippen LogP contribution in [0.15, 0.2) is 42.5 Å². The van der Waals surface area contributed by atoms with Gasteiger partial charge in [-0.3, -0.25) is 10.1 Å². The summed E-state index contributed by atoms with van der Waals surface area (Å²) >= 11 is 0. The van der Waals surface area contributed by atoms with Crippen molar-refractivity contribution in [2.24, 2.45) is 0 Å². The lowest BCUT2D eigenvalue weighted by molar-refractivity contribution is -0.384. The maximum atomic E-state index is 11.9. The van der Waals surface area contributed by atoms with Gasteiger partial charge in [0, 0.05) is 39.8 Å². The summed E-state index contributed by atoms with van der Waals surface area (Å²) in [7, 11) is 0. The summed E-state index contributed by atoms with van der Waals surface area (Å²) in [4.78, 5) is 29.7. The van der Waals surface area contributed by atoms with Crippen molar-refractivity contribution in [3.63, 3.8) is 0 Å². The Morgan fingerprint density at radius 2 is 1.15 bits per heavy atom. The normalized spacial score (nSPS) is 13.2. The number of aryl methyl sites for hydroxylation is 4. The van der Waals surface area contributed by atoms with Crippen molar-refractivity contribution >= 4 is 50.0 Å². The highest BCUT2D eigenvalue weighted by atomic mass is 16.6. The number of nitrogens with one attached hydrogen (secondary N) is 2. The number of hydrogen-bond acceptors (Lipinski definition) is 4. The van der Waals surface area contributed by atoms with Crippen molar-refractivity contribution in [1.29, 1.82) is 0 Å². The average molecular weight is 628 g/mol. The number of hydrogen-bond donors (Lipinski definition) is 2. The van der Waals surface area contributed by atoms with Crippen molar-refractivity contribution in [1.82, 2.24) is 19.9 Å². The van der Waals surface area contributed by atoms with Gasteiger partial charge < -0.3 is 9.97 Å². The first-order valence-corrected chi connectivity index (χ1v) is 16.9. The summed E-state index contributed by atoms with van der Waals surface area (Å²) in [6.07, 6.45) is 6.49. The van der Waals surface area contributed by atoms with E-state index in [0.717, 1.165) is 117 Å². The molecule has 0 atom stereocenters. The van der Waals surface area contributed by atoms with Gasteiger partial charge in [-0.1, -0.05) is 38.8 Å². The molecule has 2 aliphatic rings. The number of aromatic amines is 2. The van der Waals surface area contributed by atoms with Crippen molar-refractivity contribution in [3.05, 3.63) is 97.6 Å². The molecule has 5 heterocycles. The minimum atomic E-state index is -0.342. The van der Waals surface area contributed by atoms with Crippen molar-refractivity contribution in [2.45, 2.75) is 93.9 Å². The molecule has 3 aromatic heterocycles. The minimum absolute atomic E-state index is 0.0436. The van der Waals surface area contributed by atoms with Crippen LogP contribution in [0.5, 0.6) is 0 Å². The van der Waals surface area contributed by atoms with Gasteiger partial charge in [0.2, 0.25) is 0 Å². The lowest BCUT2D eigenvalue weighted by Gasteiger charge is -2.09. The van der Waals surface area contributed by atoms with Gasteiger partial charge in [-0.2, -0.15) is 0 Å². The Morgan fingerprint density at radius 3 is 1.60 bits per heavy atom. The van der Waals surface area contributed by atoms with E-state index < -0.39 is 0 Å². The molecule has 6 rings (SSSR count). The fourth-order valence-corrected chi connectivity index (χ4v) is 6.91. The largest absolute Gasteiger partial charge is 0.355 e. The Morgan fingerprint density at radius 1 is 0.660 bits per heavy atom. The summed E-state index contributed by atoms with van der Waals surface area (Å²) in [6.45, 7) is 17.3. The first-order chi connectivity index (χ1) is 22.5. The van der Waals surface area contributed by atoms with Crippen LogP contribution in [0, 0.1) is 24.0 Å². The van der Waals surface area contributed by atoms with Gasteiger partial charge in [0.15, 0.2) is 0 Å². The predicted octanol–water partition coefficient (Wildman–Crippen LogP) is 11.1. The fraction of sp³-hybridized carbons (Fsp3) is 0.350. The van der Waals surface area contributed by atoms with E-state index in [0.29, 0.717) is 0 Å². The third kappa shape index (κ3) is 5.73. The minimum Gasteiger partial charge on any atom is -0.355 e. The second-order valence-corrected chi connectivity index (χ2v) is 13.1. The molecule has 0 aliphatic carbocycles. The summed E-state index contributed by atoms with van der Waals surface area (Å²) in [5.74, 6) is 0. The maximum Gasteiger partial charge on any atom is 0.270 e. The summed E-state index contributed by atoms with van der Waals surface area (Å²) in [5, 5.41) is 11.9. The van der Waals surface area contributed by atoms with Gasteiger partial charge in [0.05, 0.1) is 27.7 Å². The number of allylic oxidation sites excluding steroid dienone is 4. The number of nitrogens with zero attached hydrogens (tertiary/aromatic N) is 3. The van der Waals surface area contributed by atoms with E-state index in [2.05, 4.69) is 83.6 Å². The summed E-state index contributed by atoms with van der Waals surface area (Å²) < 4.78 is 0. The molecular formula is C40H45N5O2. The predicted molar refractivity (Wildman–Crippen MR) is 196 cm³/mol. The van der Waals surface area contributed by atoms with Gasteiger partial charge in [-0.15, -0.1) is 0 Å². The van der Waals surface area contributed by atoms with Crippen molar-refractivity contribution < 1.29 is 4.92 Å². The second kappa shape index (κ2) is 12.8. The topological polar surface area (TPSA) is 100 Å². The monoisotopic (exact) mass is 627 g/mol. The molecule has 0 spiro atoms. The quantitative estimate of drug-likeness (QED) is 0.150. The fourth-order valence-electron chi connectivity index (χ4n) is 6.91. The van der Waals surface area contributed by atoms with Crippen LogP contribution < -0.4 is 0 Å². The summed E-state index contributed by atoms with van der Waals surface area (Å²) in [6, 6.07) is 13.5. The highest BCUT2D eigenvalue weighted by Gasteiger charge is 2.25. The number of rotatable bonds is 8. The molecule has 0 fully saturated rings. The Hall–Kier alpha value is -4.78. The van der Waals surface area contributed by atoms with Gasteiger partial charge in [-0.05, 0) is 136 Å². The summed E-state index contributed by atoms with van der Waals surface area (Å²) in [5.41, 5.74) is 18.8. The Kier molecular flexibility index (Phi) is 8.75. The zero-order valence-electron chi connectivity index (χ0n) is 28.9. The molecule has 0 amide bonds. The smallest absolute Gasteiger partial charge is 0.270 e. The number of nitro benzene ring substituents is 1. The van der Waals surface area contributed by atoms with Crippen LogP contribution >= 0.6 is 0 Å². The molecule has 2 N–H and O–H groups in total. The zero-order valence-corrected chi connectivity index (χ0v) is 28.9. The lowest BCUT2D eigenvalue weighted by Crippen LogP contribution is -1.94. The third-order valence-electron chi connectivity index (χ3n) is 10.2. The van der Waals surface area contributed by atoms with E-state index in [-0.39, 0.29) is 10.6 Å². The molecule has 4 aromatic rings. The van der Waals surface area contributed by atoms with Crippen molar-refractivity contribution in [2.75, 3.05) is 0 Å². The molecule has 242 valence electrons. The molecule has 1 aromatic carbocycles. The SMILES string of the molecule is CCCCc1c(C)c2cc3nc(c(-c4cccc([N+](=O)[O-])c4)c4nc(cc5[nH]c(cc1[nH]2)c(CCCC)c5C)C(C)=C4C)C(C)=C3C. The third-order valence-corrected chi connectivity index (χ3v) is 10.2. The van der Waals surface area contributed by atoms with Crippen LogP contribution in [0.4, 0.5) is 5.69 Å². The van der Waals surface area contributed by atoms with Crippen LogP contribution in [0.1, 0.15) is 112 Å². The van der Waals surface area contributed by atoms with E-state index in [1.807, 2.05) is 6.07 Å². The number of H-pyrrole nitrogens is 2. The Bertz CT molecular complexity index is 2040. The van der Waals surface area contributed by atoms with E-state index in [1.54, 1.807) is 12.1 Å². The lowest BCUT2D eigenvalue weighted by atomic mass is 9.94. The number of fused-ring (bicyclic) bond motifs is 8. The molecular weight excluding hydrogens is 582 g/mol. The molecule has 8 bridgehead atoms. The van der Waals surface area contributed by atoms with E-state index in [9.17, 15) is 10.1 Å². The van der Waals surface area contributed by atoms with Gasteiger partial charge in [-0.25, -0.2) is 9.97 Å². The first kappa shape index (κ1) is 32.2. The van der Waals surface area contributed by atoms with Gasteiger partial charge in [0.25, 0.3) is 5.69 Å². The molecule has 7 heteroatoms. The standard InChI is InChI=1S/C40H45N5O2/c1-9-11-16-30-26(7)34-19-32-22(3)24(5)39(43-32)38(28-14-13-15-29(18-28)45(46)47)40-25(6)23(4)33(44-40)20-35-27(8)31(17-12-10-2)37(42-35)21-36(30)41-34/h13-15,18-21,41-42H,9-12,16-17H2,1-8H3. The maximum absolute atomic E-state index is 11.9.